The topological polar surface area (TPSA) is 92.5 Å². The molecule has 110 valence electrons. The average molecular weight is 349 g/mol. The molecular formula is C12H14BrFN2O4. The Hall–Kier alpha value is -1.70. The largest absolute Gasteiger partial charge is 0.480 e. The van der Waals surface area contributed by atoms with Crippen molar-refractivity contribution >= 4 is 33.3 Å². The lowest BCUT2D eigenvalue weighted by Crippen LogP contribution is -2.29. The number of nitrogens with one attached hydrogen (secondary N) is 1. The fourth-order valence-electron chi connectivity index (χ4n) is 1.66. The fraction of sp³-hybridized carbons (Fsp3) is 0.417. The van der Waals surface area contributed by atoms with E-state index in [0.717, 1.165) is 12.5 Å². The van der Waals surface area contributed by atoms with Crippen molar-refractivity contribution in [3.8, 4) is 0 Å². The van der Waals surface area contributed by atoms with Crippen LogP contribution in [0, 0.1) is 15.9 Å². The zero-order valence-electron chi connectivity index (χ0n) is 10.7. The molecule has 8 heteroatoms. The second-order valence-corrected chi connectivity index (χ2v) is 5.07. The molecule has 0 fully saturated rings. The summed E-state index contributed by atoms with van der Waals surface area (Å²) in [6.07, 6.45) is 1.80. The highest BCUT2D eigenvalue weighted by atomic mass is 79.9. The van der Waals surface area contributed by atoms with Gasteiger partial charge in [-0.05, 0) is 28.4 Å². The Balaban J connectivity index is 3.07. The van der Waals surface area contributed by atoms with Crippen LogP contribution in [-0.4, -0.2) is 22.0 Å². The Labute approximate surface area is 123 Å². The van der Waals surface area contributed by atoms with Crippen LogP contribution in [0.1, 0.15) is 26.2 Å². The Morgan fingerprint density at radius 1 is 1.60 bits per heavy atom. The minimum Gasteiger partial charge on any atom is -0.480 e. The molecule has 1 aromatic carbocycles. The van der Waals surface area contributed by atoms with E-state index in [9.17, 15) is 19.3 Å². The van der Waals surface area contributed by atoms with Gasteiger partial charge in [0.15, 0.2) is 0 Å². The number of hydrogen-bond acceptors (Lipinski definition) is 4. The monoisotopic (exact) mass is 348 g/mol. The highest BCUT2D eigenvalue weighted by molar-refractivity contribution is 9.10. The summed E-state index contributed by atoms with van der Waals surface area (Å²) in [5, 5.41) is 22.6. The van der Waals surface area contributed by atoms with Gasteiger partial charge in [-0.2, -0.15) is 0 Å². The summed E-state index contributed by atoms with van der Waals surface area (Å²) in [5.74, 6) is -1.88. The second-order valence-electron chi connectivity index (χ2n) is 4.22. The van der Waals surface area contributed by atoms with Gasteiger partial charge in [0.05, 0.1) is 15.5 Å². The van der Waals surface area contributed by atoms with Crippen LogP contribution in [0.5, 0.6) is 0 Å². The van der Waals surface area contributed by atoms with Gasteiger partial charge < -0.3 is 10.4 Å². The second kappa shape index (κ2) is 7.18. The number of carboxylic acids is 1. The summed E-state index contributed by atoms with van der Waals surface area (Å²) in [5.41, 5.74) is -0.514. The van der Waals surface area contributed by atoms with Crippen LogP contribution in [0.3, 0.4) is 0 Å². The first kappa shape index (κ1) is 16.4. The summed E-state index contributed by atoms with van der Waals surface area (Å²) in [6.45, 7) is 1.91. The summed E-state index contributed by atoms with van der Waals surface area (Å²) in [4.78, 5) is 21.3. The molecule has 0 aliphatic rings. The number of nitro benzene ring substituents is 1. The molecule has 0 amide bonds. The molecule has 0 radical (unpaired) electrons. The van der Waals surface area contributed by atoms with E-state index in [0.29, 0.717) is 12.8 Å². The predicted molar refractivity (Wildman–Crippen MR) is 75.3 cm³/mol. The van der Waals surface area contributed by atoms with E-state index in [1.807, 2.05) is 6.92 Å². The number of anilines is 1. The minimum atomic E-state index is -1.10. The molecule has 2 N–H and O–H groups in total. The SMILES string of the molecule is CCCCC(Nc1cc(Br)c(F)cc1[N+](=O)[O-])C(=O)O. The highest BCUT2D eigenvalue weighted by Crippen LogP contribution is 2.31. The van der Waals surface area contributed by atoms with E-state index in [4.69, 9.17) is 5.11 Å². The minimum absolute atomic E-state index is 0.0215. The van der Waals surface area contributed by atoms with Crippen molar-refractivity contribution in [2.45, 2.75) is 32.2 Å². The van der Waals surface area contributed by atoms with Crippen molar-refractivity contribution in [1.29, 1.82) is 0 Å². The lowest BCUT2D eigenvalue weighted by Gasteiger charge is -2.15. The molecule has 0 bridgehead atoms. The van der Waals surface area contributed by atoms with E-state index < -0.39 is 28.4 Å². The van der Waals surface area contributed by atoms with E-state index in [-0.39, 0.29) is 10.2 Å². The molecule has 0 spiro atoms. The Morgan fingerprint density at radius 2 is 2.25 bits per heavy atom. The molecule has 0 aliphatic carbocycles. The molecule has 0 saturated carbocycles. The van der Waals surface area contributed by atoms with Crippen molar-refractivity contribution in [2.75, 3.05) is 5.32 Å². The van der Waals surface area contributed by atoms with Crippen LogP contribution in [0.2, 0.25) is 0 Å². The summed E-state index contributed by atoms with van der Waals surface area (Å²) in [7, 11) is 0. The third-order valence-electron chi connectivity index (χ3n) is 2.71. The van der Waals surface area contributed by atoms with E-state index in [2.05, 4.69) is 21.2 Å². The number of nitro groups is 1. The molecule has 0 aliphatic heterocycles. The van der Waals surface area contributed by atoms with Gasteiger partial charge in [-0.15, -0.1) is 0 Å². The van der Waals surface area contributed by atoms with E-state index in [1.165, 1.54) is 6.07 Å². The standard InChI is InChI=1S/C12H14BrFN2O4/c1-2-3-4-9(12(17)18)15-10-5-7(13)8(14)6-11(10)16(19)20/h5-6,9,15H,2-4H2,1H3,(H,17,18). The zero-order valence-corrected chi connectivity index (χ0v) is 12.3. The number of rotatable bonds is 7. The lowest BCUT2D eigenvalue weighted by atomic mass is 10.1. The van der Waals surface area contributed by atoms with Crippen molar-refractivity contribution in [2.24, 2.45) is 0 Å². The van der Waals surface area contributed by atoms with Gasteiger partial charge >= 0.3 is 5.97 Å². The maximum atomic E-state index is 13.3. The summed E-state index contributed by atoms with van der Waals surface area (Å²) < 4.78 is 13.4. The van der Waals surface area contributed by atoms with Crippen LogP contribution in [0.25, 0.3) is 0 Å². The Morgan fingerprint density at radius 3 is 2.75 bits per heavy atom. The van der Waals surface area contributed by atoms with Gasteiger partial charge in [-0.25, -0.2) is 9.18 Å². The number of aliphatic carboxylic acids is 1. The van der Waals surface area contributed by atoms with E-state index in [1.54, 1.807) is 0 Å². The van der Waals surface area contributed by atoms with Gasteiger partial charge in [0, 0.05) is 0 Å². The van der Waals surface area contributed by atoms with Crippen LogP contribution >= 0.6 is 15.9 Å². The number of benzene rings is 1. The van der Waals surface area contributed by atoms with Gasteiger partial charge in [-0.1, -0.05) is 19.8 Å². The van der Waals surface area contributed by atoms with Gasteiger partial charge in [0.25, 0.3) is 5.69 Å². The van der Waals surface area contributed by atoms with Crippen LogP contribution in [0.15, 0.2) is 16.6 Å². The number of halogens is 2. The number of nitrogens with zero attached hydrogens (tertiary/aromatic N) is 1. The number of carbonyl (C=O) groups is 1. The first-order chi connectivity index (χ1) is 9.36. The van der Waals surface area contributed by atoms with Crippen LogP contribution in [-0.2, 0) is 4.79 Å². The maximum Gasteiger partial charge on any atom is 0.326 e. The van der Waals surface area contributed by atoms with Crippen LogP contribution < -0.4 is 5.32 Å². The van der Waals surface area contributed by atoms with Gasteiger partial charge in [-0.3, -0.25) is 10.1 Å². The first-order valence-electron chi connectivity index (χ1n) is 5.99. The van der Waals surface area contributed by atoms with Gasteiger partial charge in [0.2, 0.25) is 0 Å². The predicted octanol–water partition coefficient (Wildman–Crippen LogP) is 3.55. The maximum absolute atomic E-state index is 13.3. The molecule has 6 nitrogen and oxygen atoms in total. The fourth-order valence-corrected chi connectivity index (χ4v) is 2.00. The summed E-state index contributed by atoms with van der Waals surface area (Å²) in [6, 6.07) is 0.978. The number of unbranched alkanes of at least 4 members (excludes halogenated alkanes) is 1. The molecular weight excluding hydrogens is 335 g/mol. The molecule has 1 unspecified atom stereocenters. The Kier molecular flexibility index (Phi) is 5.87. The van der Waals surface area contributed by atoms with Crippen molar-refractivity contribution in [3.63, 3.8) is 0 Å². The molecule has 0 saturated heterocycles. The van der Waals surface area contributed by atoms with Crippen molar-refractivity contribution < 1.29 is 19.2 Å². The first-order valence-corrected chi connectivity index (χ1v) is 6.78. The lowest BCUT2D eigenvalue weighted by molar-refractivity contribution is -0.384. The third kappa shape index (κ3) is 4.16. The zero-order chi connectivity index (χ0) is 15.3. The molecule has 1 atom stereocenters. The van der Waals surface area contributed by atoms with Gasteiger partial charge in [0.1, 0.15) is 17.5 Å². The smallest absolute Gasteiger partial charge is 0.326 e. The molecule has 1 rings (SSSR count). The van der Waals surface area contributed by atoms with Crippen molar-refractivity contribution in [1.82, 2.24) is 0 Å². The molecule has 1 aromatic rings. The summed E-state index contributed by atoms with van der Waals surface area (Å²) >= 11 is 2.92. The number of carboxylic acid groups (broad SMARTS) is 1. The Bertz CT molecular complexity index is 524. The third-order valence-corrected chi connectivity index (χ3v) is 3.32. The van der Waals surface area contributed by atoms with Crippen LogP contribution in [0.4, 0.5) is 15.8 Å². The highest BCUT2D eigenvalue weighted by Gasteiger charge is 2.23. The quantitative estimate of drug-likeness (QED) is 0.580. The normalized spacial score (nSPS) is 11.9. The molecule has 20 heavy (non-hydrogen) atoms. The number of hydrogen-bond donors (Lipinski definition) is 2. The molecule has 0 heterocycles. The average Bonchev–Trinajstić information content (AvgIpc) is 2.37. The van der Waals surface area contributed by atoms with Crippen molar-refractivity contribution in [3.05, 3.63) is 32.5 Å². The van der Waals surface area contributed by atoms with E-state index >= 15 is 0 Å². The molecule has 0 aromatic heterocycles.